The summed E-state index contributed by atoms with van der Waals surface area (Å²) >= 11 is -8.13. The Morgan fingerprint density at radius 2 is 1.44 bits per heavy atom. The van der Waals surface area contributed by atoms with Crippen LogP contribution in [0.5, 0.6) is 0 Å². The van der Waals surface area contributed by atoms with E-state index in [1.165, 1.54) is 0 Å². The zero-order valence-electron chi connectivity index (χ0n) is 4.07. The van der Waals surface area contributed by atoms with Gasteiger partial charge in [0.1, 0.15) is 0 Å². The van der Waals surface area contributed by atoms with E-state index in [4.69, 9.17) is 19.9 Å². The molecule has 0 fully saturated rings. The summed E-state index contributed by atoms with van der Waals surface area (Å²) in [6.45, 7) is 0. The van der Waals surface area contributed by atoms with Gasteiger partial charge in [-0.05, 0) is 0 Å². The molecule has 0 saturated heterocycles. The van der Waals surface area contributed by atoms with Crippen LogP contribution in [-0.2, 0) is 47.4 Å². The molecule has 0 heterocycles. The molecule has 0 aliphatic heterocycles. The van der Waals surface area contributed by atoms with Crippen LogP contribution in [0.25, 0.3) is 0 Å². The van der Waals surface area contributed by atoms with Gasteiger partial charge in [-0.2, -0.15) is 0 Å². The van der Waals surface area contributed by atoms with Gasteiger partial charge < -0.3 is 0 Å². The van der Waals surface area contributed by atoms with E-state index in [0.29, 0.717) is 0 Å². The van der Waals surface area contributed by atoms with Crippen molar-refractivity contribution in [2.24, 2.45) is 0 Å². The summed E-state index contributed by atoms with van der Waals surface area (Å²) in [5.74, 6) is 0. The number of rotatable bonds is 0. The third-order valence-electron chi connectivity index (χ3n) is 0. The van der Waals surface area contributed by atoms with Crippen LogP contribution < -0.4 is 10.1 Å². The van der Waals surface area contributed by atoms with Gasteiger partial charge >= 0.3 is 96.7 Å². The van der Waals surface area contributed by atoms with Crippen molar-refractivity contribution in [3.8, 4) is 0 Å². The first kappa shape index (κ1) is 17.4. The molecule has 0 aliphatic rings. The average Bonchev–Trinajstić information content (AvgIpc) is 1.25. The third kappa shape index (κ3) is 139. The molecule has 6 nitrogen and oxygen atoms in total. The van der Waals surface area contributed by atoms with Crippen LogP contribution in [0.1, 0.15) is 0 Å². The standard InChI is InChI=1S/La.H2O.5O.Ti.Zr/h;1H2;;;;;;;/q+3;;;;3*-1;+1;/p-1. The molecule has 1 N–H and O–H groups in total. The second-order valence-corrected chi connectivity index (χ2v) is 2.58. The Morgan fingerprint density at radius 3 is 1.44 bits per heavy atom. The van der Waals surface area contributed by atoms with Gasteiger partial charge in [-0.15, -0.1) is 0 Å². The molecule has 0 atom stereocenters. The summed E-state index contributed by atoms with van der Waals surface area (Å²) in [4.78, 5) is 0. The summed E-state index contributed by atoms with van der Waals surface area (Å²) in [7, 11) is 0. The zero-order valence-corrected chi connectivity index (χ0v) is 11.7. The van der Waals surface area contributed by atoms with Crippen molar-refractivity contribution < 1.29 is 96.7 Å². The minimum absolute atomic E-state index is 0. The molecule has 0 aromatic heterocycles. The molecule has 0 unspecified atom stereocenters. The third-order valence-corrected chi connectivity index (χ3v) is 0. The summed E-state index contributed by atoms with van der Waals surface area (Å²) in [5, 5.41) is 0. The molecule has 0 amide bonds. The van der Waals surface area contributed by atoms with Crippen LogP contribution >= 0.6 is 0 Å². The molecular weight excluding hydrogens is 374 g/mol. The predicted octanol–water partition coefficient (Wildman–Crippen LogP) is -4.37. The van der Waals surface area contributed by atoms with Gasteiger partial charge in [0.15, 0.2) is 0 Å². The Balaban J connectivity index is -0.0000000720. The fourth-order valence-corrected chi connectivity index (χ4v) is 0. The van der Waals surface area contributed by atoms with E-state index in [9.17, 15) is 0 Å². The quantitative estimate of drug-likeness (QED) is 0.427. The SMILES string of the molecule is [La+3].[O]=[Ti]([O-])[OH].[O]=[Zr]([O-])[O-]. The number of hydrogen-bond donors (Lipinski definition) is 1. The molecule has 0 radical (unpaired) electrons. The van der Waals surface area contributed by atoms with Gasteiger partial charge in [0.25, 0.3) is 0 Å². The van der Waals surface area contributed by atoms with Gasteiger partial charge in [0, 0.05) is 0 Å². The van der Waals surface area contributed by atoms with Crippen LogP contribution in [0.3, 0.4) is 0 Å². The normalized spacial score (nSPS) is 5.78. The second kappa shape index (κ2) is 12.9. The first-order valence-electron chi connectivity index (χ1n) is 1.24. The Hall–Kier alpha value is 2.23. The summed E-state index contributed by atoms with van der Waals surface area (Å²) in [6, 6.07) is 0. The molecule has 0 saturated carbocycles. The van der Waals surface area contributed by atoms with Crippen LogP contribution in [0.15, 0.2) is 0 Å². The predicted molar refractivity (Wildman–Crippen MR) is 3.59 cm³/mol. The van der Waals surface area contributed by atoms with Crippen molar-refractivity contribution in [3.63, 3.8) is 0 Å². The molecular formula is HLaO6TiZr. The molecule has 0 spiro atoms. The Bertz CT molecular complexity index is 71.1. The zero-order chi connectivity index (χ0) is 7.15. The van der Waals surface area contributed by atoms with Crippen LogP contribution in [-0.4, -0.2) is 3.69 Å². The van der Waals surface area contributed by atoms with Gasteiger partial charge in [-0.1, -0.05) is 0 Å². The molecule has 9 heteroatoms. The van der Waals surface area contributed by atoms with E-state index >= 15 is 0 Å². The number of hydrogen-bond acceptors (Lipinski definition) is 5. The minimum atomic E-state index is -4.29. The van der Waals surface area contributed by atoms with Crippen molar-refractivity contribution in [3.05, 3.63) is 0 Å². The van der Waals surface area contributed by atoms with Crippen molar-refractivity contribution in [1.29, 1.82) is 0 Å². The van der Waals surface area contributed by atoms with Crippen molar-refractivity contribution >= 4 is 0 Å². The Labute approximate surface area is 95.0 Å². The van der Waals surface area contributed by atoms with E-state index in [1.807, 2.05) is 0 Å². The van der Waals surface area contributed by atoms with Crippen LogP contribution in [0.2, 0.25) is 0 Å². The van der Waals surface area contributed by atoms with E-state index in [1.54, 1.807) is 0 Å². The molecule has 0 aromatic rings. The second-order valence-electron chi connectivity index (χ2n) is 0.516. The molecule has 48 valence electrons. The first-order valence-corrected chi connectivity index (χ1v) is 6.23. The Kier molecular flexibility index (Phi) is 24.8. The molecule has 0 rings (SSSR count). The maximum atomic E-state index is 8.69. The van der Waals surface area contributed by atoms with Crippen molar-refractivity contribution in [1.82, 2.24) is 0 Å². The molecule has 0 bridgehead atoms. The monoisotopic (exact) mass is 374 g/mol. The van der Waals surface area contributed by atoms with Crippen LogP contribution in [0, 0.1) is 35.6 Å². The maximum absolute atomic E-state index is 8.69. The van der Waals surface area contributed by atoms with E-state index in [0.717, 1.165) is 0 Å². The fraction of sp³-hybridized carbons (Fsp3) is 0. The van der Waals surface area contributed by atoms with Gasteiger partial charge in [0.05, 0.1) is 0 Å². The van der Waals surface area contributed by atoms with Gasteiger partial charge in [-0.25, -0.2) is 0 Å². The molecule has 0 aromatic carbocycles. The summed E-state index contributed by atoms with van der Waals surface area (Å²) in [6.07, 6.45) is 0. The fourth-order valence-electron chi connectivity index (χ4n) is 0. The molecule has 9 heavy (non-hydrogen) atoms. The van der Waals surface area contributed by atoms with Gasteiger partial charge in [-0.3, -0.25) is 0 Å². The van der Waals surface area contributed by atoms with E-state index < -0.39 is 41.3 Å². The van der Waals surface area contributed by atoms with Crippen LogP contribution in [0.4, 0.5) is 0 Å². The van der Waals surface area contributed by atoms with Crippen molar-refractivity contribution in [2.75, 3.05) is 0 Å². The van der Waals surface area contributed by atoms with E-state index in [2.05, 4.69) is 0 Å². The van der Waals surface area contributed by atoms with Gasteiger partial charge in [0.2, 0.25) is 0 Å². The first-order chi connectivity index (χ1) is 3.46. The Morgan fingerprint density at radius 1 is 1.44 bits per heavy atom. The van der Waals surface area contributed by atoms with E-state index in [-0.39, 0.29) is 35.6 Å². The topological polar surface area (TPSA) is 124 Å². The summed E-state index contributed by atoms with van der Waals surface area (Å²) < 4.78 is 50.3. The average molecular weight is 375 g/mol. The summed E-state index contributed by atoms with van der Waals surface area (Å²) in [5.41, 5.74) is 0. The van der Waals surface area contributed by atoms with Crippen molar-refractivity contribution in [2.45, 2.75) is 0 Å². The molecule has 0 aliphatic carbocycles.